The van der Waals surface area contributed by atoms with Crippen molar-refractivity contribution in [3.63, 3.8) is 0 Å². The van der Waals surface area contributed by atoms with Crippen LogP contribution in [0.4, 0.5) is 4.79 Å². The molecule has 1 amide bonds. The molecule has 1 aliphatic heterocycles. The van der Waals surface area contributed by atoms with Crippen LogP contribution < -0.4 is 5.32 Å². The summed E-state index contributed by atoms with van der Waals surface area (Å²) in [6.07, 6.45) is 1.02. The van der Waals surface area contributed by atoms with E-state index < -0.39 is 5.79 Å². The molecule has 2 aliphatic rings. The molecule has 5 nitrogen and oxygen atoms in total. The van der Waals surface area contributed by atoms with Crippen molar-refractivity contribution >= 4 is 6.09 Å². The largest absolute Gasteiger partial charge is 0.445 e. The molecule has 0 aromatic heterocycles. The lowest BCUT2D eigenvalue weighted by Crippen LogP contribution is -2.55. The van der Waals surface area contributed by atoms with Crippen molar-refractivity contribution in [3.05, 3.63) is 35.9 Å². The molecular weight excluding hydrogens is 246 g/mol. The molecule has 1 heterocycles. The van der Waals surface area contributed by atoms with E-state index in [1.165, 1.54) is 0 Å². The summed E-state index contributed by atoms with van der Waals surface area (Å²) in [5.41, 5.74) is 0.977. The molecule has 19 heavy (non-hydrogen) atoms. The third-order valence-corrected chi connectivity index (χ3v) is 3.46. The number of ether oxygens (including phenoxy) is 3. The zero-order valence-electron chi connectivity index (χ0n) is 10.6. The highest BCUT2D eigenvalue weighted by Crippen LogP contribution is 2.39. The van der Waals surface area contributed by atoms with Crippen molar-refractivity contribution in [2.24, 2.45) is 0 Å². The van der Waals surface area contributed by atoms with Crippen LogP contribution in [-0.2, 0) is 20.8 Å². The maximum atomic E-state index is 11.6. The summed E-state index contributed by atoms with van der Waals surface area (Å²) in [6, 6.07) is 9.69. The topological polar surface area (TPSA) is 56.8 Å². The van der Waals surface area contributed by atoms with Gasteiger partial charge >= 0.3 is 6.09 Å². The van der Waals surface area contributed by atoms with E-state index in [4.69, 9.17) is 14.2 Å². The third-order valence-electron chi connectivity index (χ3n) is 3.46. The minimum Gasteiger partial charge on any atom is -0.445 e. The molecule has 1 N–H and O–H groups in total. The van der Waals surface area contributed by atoms with E-state index in [-0.39, 0.29) is 18.7 Å². The summed E-state index contributed by atoms with van der Waals surface area (Å²) in [5.74, 6) is -0.433. The van der Waals surface area contributed by atoms with Gasteiger partial charge in [0.2, 0.25) is 0 Å². The van der Waals surface area contributed by atoms with Gasteiger partial charge in [0.1, 0.15) is 6.61 Å². The highest BCUT2D eigenvalue weighted by molar-refractivity contribution is 5.67. The Balaban J connectivity index is 1.38. The van der Waals surface area contributed by atoms with Gasteiger partial charge in [-0.25, -0.2) is 4.79 Å². The third kappa shape index (κ3) is 2.88. The van der Waals surface area contributed by atoms with Crippen molar-refractivity contribution in [1.29, 1.82) is 0 Å². The van der Waals surface area contributed by atoms with E-state index in [0.717, 1.165) is 5.56 Å². The Morgan fingerprint density at radius 3 is 2.63 bits per heavy atom. The van der Waals surface area contributed by atoms with Crippen LogP contribution in [0.5, 0.6) is 0 Å². The van der Waals surface area contributed by atoms with Crippen LogP contribution in [-0.4, -0.2) is 31.1 Å². The smallest absolute Gasteiger partial charge is 0.407 e. The van der Waals surface area contributed by atoms with E-state index in [1.807, 2.05) is 30.3 Å². The van der Waals surface area contributed by atoms with Crippen LogP contribution in [0.1, 0.15) is 18.4 Å². The summed E-state index contributed by atoms with van der Waals surface area (Å²) < 4.78 is 16.2. The number of amides is 1. The van der Waals surface area contributed by atoms with E-state index in [0.29, 0.717) is 26.1 Å². The Morgan fingerprint density at radius 1 is 1.26 bits per heavy atom. The van der Waals surface area contributed by atoms with Gasteiger partial charge in [0.05, 0.1) is 13.2 Å². The molecule has 0 unspecified atom stereocenters. The molecule has 5 heteroatoms. The number of rotatable bonds is 3. The van der Waals surface area contributed by atoms with Gasteiger partial charge in [0, 0.05) is 18.9 Å². The minimum absolute atomic E-state index is 0.0846. The normalized spacial score (nSPS) is 21.1. The van der Waals surface area contributed by atoms with Crippen LogP contribution in [0.3, 0.4) is 0 Å². The molecule has 0 radical (unpaired) electrons. The molecule has 1 saturated carbocycles. The molecule has 3 rings (SSSR count). The Morgan fingerprint density at radius 2 is 1.95 bits per heavy atom. The van der Waals surface area contributed by atoms with E-state index in [1.54, 1.807) is 0 Å². The fraction of sp³-hybridized carbons (Fsp3) is 0.500. The number of carbonyl (C=O) groups is 1. The van der Waals surface area contributed by atoms with Gasteiger partial charge in [0.25, 0.3) is 0 Å². The summed E-state index contributed by atoms with van der Waals surface area (Å²) in [7, 11) is 0. The van der Waals surface area contributed by atoms with Crippen molar-refractivity contribution in [1.82, 2.24) is 5.32 Å². The van der Waals surface area contributed by atoms with Crippen LogP contribution in [0, 0.1) is 0 Å². The Kier molecular flexibility index (Phi) is 3.40. The molecule has 1 aliphatic carbocycles. The lowest BCUT2D eigenvalue weighted by molar-refractivity contribution is -0.216. The highest BCUT2D eigenvalue weighted by atomic mass is 16.7. The number of hydrogen-bond donors (Lipinski definition) is 1. The summed E-state index contributed by atoms with van der Waals surface area (Å²) >= 11 is 0. The van der Waals surface area contributed by atoms with Gasteiger partial charge in [0.15, 0.2) is 5.79 Å². The fourth-order valence-electron chi connectivity index (χ4n) is 2.46. The van der Waals surface area contributed by atoms with Crippen molar-refractivity contribution in [2.45, 2.75) is 31.3 Å². The molecule has 1 aromatic carbocycles. The Hall–Kier alpha value is -1.59. The van der Waals surface area contributed by atoms with Crippen LogP contribution in [0.2, 0.25) is 0 Å². The molecule has 1 spiro atoms. The number of hydrogen-bond acceptors (Lipinski definition) is 4. The second-order valence-electron chi connectivity index (χ2n) is 4.92. The van der Waals surface area contributed by atoms with Crippen molar-refractivity contribution in [3.8, 4) is 0 Å². The van der Waals surface area contributed by atoms with Gasteiger partial charge in [-0.3, -0.25) is 0 Å². The van der Waals surface area contributed by atoms with Gasteiger partial charge in [-0.05, 0) is 5.56 Å². The zero-order chi connectivity index (χ0) is 13.1. The quantitative estimate of drug-likeness (QED) is 0.903. The average molecular weight is 263 g/mol. The monoisotopic (exact) mass is 263 g/mol. The molecular formula is C14H17NO4. The summed E-state index contributed by atoms with van der Waals surface area (Å²) in [6.45, 7) is 1.58. The molecule has 0 atom stereocenters. The SMILES string of the molecule is O=C(NC1CC2(C1)OCCO2)OCc1ccccc1. The maximum absolute atomic E-state index is 11.6. The van der Waals surface area contributed by atoms with Crippen LogP contribution >= 0.6 is 0 Å². The zero-order valence-corrected chi connectivity index (χ0v) is 10.6. The Bertz CT molecular complexity index is 434. The summed E-state index contributed by atoms with van der Waals surface area (Å²) in [5, 5.41) is 2.82. The molecule has 1 saturated heterocycles. The number of nitrogens with one attached hydrogen (secondary N) is 1. The Labute approximate surface area is 111 Å². The highest BCUT2D eigenvalue weighted by Gasteiger charge is 2.49. The van der Waals surface area contributed by atoms with Gasteiger partial charge in [-0.1, -0.05) is 30.3 Å². The van der Waals surface area contributed by atoms with E-state index in [2.05, 4.69) is 5.32 Å². The first-order chi connectivity index (χ1) is 9.26. The van der Waals surface area contributed by atoms with Crippen molar-refractivity contribution in [2.75, 3.05) is 13.2 Å². The first-order valence-corrected chi connectivity index (χ1v) is 6.51. The van der Waals surface area contributed by atoms with Crippen LogP contribution in [0.25, 0.3) is 0 Å². The van der Waals surface area contributed by atoms with Gasteiger partial charge in [-0.15, -0.1) is 0 Å². The number of carbonyl (C=O) groups excluding carboxylic acids is 1. The second-order valence-corrected chi connectivity index (χ2v) is 4.92. The lowest BCUT2D eigenvalue weighted by atomic mass is 9.85. The number of alkyl carbamates (subject to hydrolysis) is 1. The average Bonchev–Trinajstić information content (AvgIpc) is 2.87. The minimum atomic E-state index is -0.433. The molecule has 102 valence electrons. The second kappa shape index (κ2) is 5.19. The predicted molar refractivity (Wildman–Crippen MR) is 67.4 cm³/mol. The molecule has 0 bridgehead atoms. The first-order valence-electron chi connectivity index (χ1n) is 6.51. The first kappa shape index (κ1) is 12.4. The predicted octanol–water partition coefficient (Wildman–Crippen LogP) is 1.82. The fourth-order valence-corrected chi connectivity index (χ4v) is 2.46. The van der Waals surface area contributed by atoms with Crippen molar-refractivity contribution < 1.29 is 19.0 Å². The standard InChI is InChI=1S/C14H17NO4/c16-13(17-10-11-4-2-1-3-5-11)15-12-8-14(9-12)18-6-7-19-14/h1-5,12H,6-10H2,(H,15,16). The van der Waals surface area contributed by atoms with E-state index in [9.17, 15) is 4.79 Å². The van der Waals surface area contributed by atoms with E-state index >= 15 is 0 Å². The van der Waals surface area contributed by atoms with Gasteiger partial charge < -0.3 is 19.5 Å². The maximum Gasteiger partial charge on any atom is 0.407 e. The number of benzene rings is 1. The molecule has 1 aromatic rings. The summed E-state index contributed by atoms with van der Waals surface area (Å²) in [4.78, 5) is 11.6. The lowest BCUT2D eigenvalue weighted by Gasteiger charge is -2.42. The van der Waals surface area contributed by atoms with Crippen LogP contribution in [0.15, 0.2) is 30.3 Å². The van der Waals surface area contributed by atoms with Gasteiger partial charge in [-0.2, -0.15) is 0 Å². The molecule has 2 fully saturated rings.